The maximum atomic E-state index is 12.7. The van der Waals surface area contributed by atoms with Gasteiger partial charge in [-0.25, -0.2) is 0 Å². The first kappa shape index (κ1) is 21.1. The van der Waals surface area contributed by atoms with Crippen LogP contribution in [0.3, 0.4) is 0 Å². The summed E-state index contributed by atoms with van der Waals surface area (Å²) in [6.07, 6.45) is -0.729. The molecule has 7 nitrogen and oxygen atoms in total. The number of carbonyl (C=O) groups is 3. The standard InChI is InChI=1S/C25H22N2O5/c1-16(28)18-8-13-23-22(14-18)27(25(30)17(2)31-23)15-24(29)26-19-9-11-21(12-10-19)32-20-6-4-3-5-7-20/h3-14,17H,15H2,1-2H3,(H,26,29). The molecule has 0 spiro atoms. The molecule has 4 rings (SSSR count). The van der Waals surface area contributed by atoms with E-state index in [1.165, 1.54) is 11.8 Å². The predicted octanol–water partition coefficient (Wildman–Crippen LogP) is 4.43. The molecule has 3 aromatic rings. The molecule has 32 heavy (non-hydrogen) atoms. The first-order valence-corrected chi connectivity index (χ1v) is 10.2. The van der Waals surface area contributed by atoms with Crippen LogP contribution in [0, 0.1) is 0 Å². The molecule has 0 aromatic heterocycles. The summed E-state index contributed by atoms with van der Waals surface area (Å²) < 4.78 is 11.4. The summed E-state index contributed by atoms with van der Waals surface area (Å²) in [5.41, 5.74) is 1.42. The Morgan fingerprint density at radius 3 is 2.38 bits per heavy atom. The van der Waals surface area contributed by atoms with Gasteiger partial charge in [0.25, 0.3) is 5.91 Å². The van der Waals surface area contributed by atoms with Crippen LogP contribution >= 0.6 is 0 Å². The van der Waals surface area contributed by atoms with Gasteiger partial charge in [-0.05, 0) is 68.4 Å². The first-order valence-electron chi connectivity index (χ1n) is 10.2. The average molecular weight is 430 g/mol. The number of ketones is 1. The number of anilines is 2. The van der Waals surface area contributed by atoms with E-state index in [2.05, 4.69) is 5.32 Å². The maximum absolute atomic E-state index is 12.7. The largest absolute Gasteiger partial charge is 0.479 e. The van der Waals surface area contributed by atoms with Crippen molar-refractivity contribution in [2.24, 2.45) is 0 Å². The van der Waals surface area contributed by atoms with Crippen LogP contribution in [0.1, 0.15) is 24.2 Å². The molecule has 0 fully saturated rings. The molecule has 0 aliphatic carbocycles. The molecule has 1 aliphatic heterocycles. The molecule has 1 heterocycles. The van der Waals surface area contributed by atoms with Crippen molar-refractivity contribution in [3.63, 3.8) is 0 Å². The number of carbonyl (C=O) groups excluding carboxylic acids is 3. The minimum Gasteiger partial charge on any atom is -0.479 e. The van der Waals surface area contributed by atoms with Gasteiger partial charge in [0, 0.05) is 11.3 Å². The fraction of sp³-hybridized carbons (Fsp3) is 0.160. The smallest absolute Gasteiger partial charge is 0.268 e. The Balaban J connectivity index is 1.46. The van der Waals surface area contributed by atoms with Crippen LogP contribution in [0.15, 0.2) is 72.8 Å². The van der Waals surface area contributed by atoms with Crippen molar-refractivity contribution < 1.29 is 23.9 Å². The molecule has 0 bridgehead atoms. The second kappa shape index (κ2) is 8.93. The van der Waals surface area contributed by atoms with Gasteiger partial charge in [-0.15, -0.1) is 0 Å². The summed E-state index contributed by atoms with van der Waals surface area (Å²) in [6, 6.07) is 21.2. The van der Waals surface area contributed by atoms with Crippen LogP contribution in [0.4, 0.5) is 11.4 Å². The van der Waals surface area contributed by atoms with E-state index in [0.717, 1.165) is 0 Å². The van der Waals surface area contributed by atoms with Crippen LogP contribution < -0.4 is 19.7 Å². The van der Waals surface area contributed by atoms with Crippen LogP contribution in [0.25, 0.3) is 0 Å². The third kappa shape index (κ3) is 4.62. The van der Waals surface area contributed by atoms with Crippen molar-refractivity contribution in [3.8, 4) is 17.2 Å². The van der Waals surface area contributed by atoms with Crippen molar-refractivity contribution in [3.05, 3.63) is 78.4 Å². The Hall–Kier alpha value is -4.13. The fourth-order valence-electron chi connectivity index (χ4n) is 3.36. The lowest BCUT2D eigenvalue weighted by Gasteiger charge is -2.32. The molecule has 0 saturated heterocycles. The van der Waals surface area contributed by atoms with Crippen molar-refractivity contribution in [1.29, 1.82) is 0 Å². The number of Topliss-reactive ketones (excluding diaryl/α,β-unsaturated/α-hetero) is 1. The highest BCUT2D eigenvalue weighted by Gasteiger charge is 2.33. The first-order chi connectivity index (χ1) is 15.4. The van der Waals surface area contributed by atoms with Crippen LogP contribution in [0.5, 0.6) is 17.2 Å². The third-order valence-electron chi connectivity index (χ3n) is 4.99. The number of nitrogens with zero attached hydrogens (tertiary/aromatic N) is 1. The number of para-hydroxylation sites is 1. The molecule has 162 valence electrons. The number of amides is 2. The second-order valence-electron chi connectivity index (χ2n) is 7.41. The predicted molar refractivity (Wildman–Crippen MR) is 120 cm³/mol. The second-order valence-corrected chi connectivity index (χ2v) is 7.41. The highest BCUT2D eigenvalue weighted by Crippen LogP contribution is 2.35. The number of fused-ring (bicyclic) bond motifs is 1. The van der Waals surface area contributed by atoms with Gasteiger partial charge in [0.15, 0.2) is 11.9 Å². The zero-order chi connectivity index (χ0) is 22.7. The van der Waals surface area contributed by atoms with Crippen molar-refractivity contribution in [2.75, 3.05) is 16.8 Å². The van der Waals surface area contributed by atoms with E-state index >= 15 is 0 Å². The number of rotatable bonds is 6. The van der Waals surface area contributed by atoms with E-state index < -0.39 is 6.10 Å². The monoisotopic (exact) mass is 430 g/mol. The van der Waals surface area contributed by atoms with E-state index in [1.54, 1.807) is 49.4 Å². The summed E-state index contributed by atoms with van der Waals surface area (Å²) in [6.45, 7) is 2.86. The Morgan fingerprint density at radius 2 is 1.69 bits per heavy atom. The summed E-state index contributed by atoms with van der Waals surface area (Å²) in [5.74, 6) is 0.951. The van der Waals surface area contributed by atoms with Crippen molar-refractivity contribution >= 4 is 29.0 Å². The summed E-state index contributed by atoms with van der Waals surface area (Å²) in [4.78, 5) is 38.5. The highest BCUT2D eigenvalue weighted by molar-refractivity contribution is 6.07. The highest BCUT2D eigenvalue weighted by atomic mass is 16.5. The molecule has 1 atom stereocenters. The van der Waals surface area contributed by atoms with E-state index in [4.69, 9.17) is 9.47 Å². The Labute approximate surface area is 185 Å². The van der Waals surface area contributed by atoms with Crippen molar-refractivity contribution in [1.82, 2.24) is 0 Å². The van der Waals surface area contributed by atoms with Gasteiger partial charge in [0.2, 0.25) is 5.91 Å². The number of hydrogen-bond donors (Lipinski definition) is 1. The molecule has 0 radical (unpaired) electrons. The lowest BCUT2D eigenvalue weighted by atomic mass is 10.1. The lowest BCUT2D eigenvalue weighted by molar-refractivity contribution is -0.127. The lowest BCUT2D eigenvalue weighted by Crippen LogP contribution is -2.47. The number of ether oxygens (including phenoxy) is 2. The van der Waals surface area contributed by atoms with E-state index in [-0.39, 0.29) is 24.1 Å². The van der Waals surface area contributed by atoms with Gasteiger partial charge in [-0.3, -0.25) is 19.3 Å². The SMILES string of the molecule is CC(=O)c1ccc2c(c1)N(CC(=O)Nc1ccc(Oc3ccccc3)cc1)C(=O)C(C)O2. The molecular weight excluding hydrogens is 408 g/mol. The molecule has 1 unspecified atom stereocenters. The summed E-state index contributed by atoms with van der Waals surface area (Å²) in [7, 11) is 0. The molecule has 7 heteroatoms. The molecule has 3 aromatic carbocycles. The molecule has 1 aliphatic rings. The van der Waals surface area contributed by atoms with E-state index in [0.29, 0.717) is 34.2 Å². The quantitative estimate of drug-likeness (QED) is 0.585. The van der Waals surface area contributed by atoms with E-state index in [9.17, 15) is 14.4 Å². The zero-order valence-electron chi connectivity index (χ0n) is 17.7. The van der Waals surface area contributed by atoms with Gasteiger partial charge in [-0.2, -0.15) is 0 Å². The third-order valence-corrected chi connectivity index (χ3v) is 4.99. The minimum absolute atomic E-state index is 0.138. The molecular formula is C25H22N2O5. The van der Waals surface area contributed by atoms with Crippen molar-refractivity contribution in [2.45, 2.75) is 20.0 Å². The summed E-state index contributed by atoms with van der Waals surface area (Å²) >= 11 is 0. The van der Waals surface area contributed by atoms with Gasteiger partial charge < -0.3 is 14.8 Å². The average Bonchev–Trinajstić information content (AvgIpc) is 2.78. The van der Waals surface area contributed by atoms with Crippen LogP contribution in [0.2, 0.25) is 0 Å². The maximum Gasteiger partial charge on any atom is 0.268 e. The van der Waals surface area contributed by atoms with Gasteiger partial charge in [0.05, 0.1) is 5.69 Å². The fourth-order valence-corrected chi connectivity index (χ4v) is 3.36. The molecule has 0 saturated carbocycles. The van der Waals surface area contributed by atoms with Crippen LogP contribution in [-0.4, -0.2) is 30.2 Å². The topological polar surface area (TPSA) is 84.9 Å². The van der Waals surface area contributed by atoms with Gasteiger partial charge >= 0.3 is 0 Å². The normalized spacial score (nSPS) is 14.9. The molecule has 2 amide bonds. The Kier molecular flexibility index (Phi) is 5.89. The summed E-state index contributed by atoms with van der Waals surface area (Å²) in [5, 5.41) is 2.79. The Bertz CT molecular complexity index is 1160. The molecule has 1 N–H and O–H groups in total. The number of nitrogens with one attached hydrogen (secondary N) is 1. The number of hydrogen-bond acceptors (Lipinski definition) is 5. The number of benzene rings is 3. The van der Waals surface area contributed by atoms with Crippen LogP contribution in [-0.2, 0) is 9.59 Å². The van der Waals surface area contributed by atoms with Gasteiger partial charge in [0.1, 0.15) is 23.8 Å². The Morgan fingerprint density at radius 1 is 1.00 bits per heavy atom. The zero-order valence-corrected chi connectivity index (χ0v) is 17.7. The van der Waals surface area contributed by atoms with Gasteiger partial charge in [-0.1, -0.05) is 18.2 Å². The van der Waals surface area contributed by atoms with E-state index in [1.807, 2.05) is 30.3 Å². The minimum atomic E-state index is -0.729.